The summed E-state index contributed by atoms with van der Waals surface area (Å²) < 4.78 is 0. The number of primary amides is 1. The molecule has 3 N–H and O–H groups in total. The van der Waals surface area contributed by atoms with E-state index in [0.717, 1.165) is 18.5 Å². The summed E-state index contributed by atoms with van der Waals surface area (Å²) in [5.74, 6) is -0.0930. The normalized spacial score (nSPS) is 29.2. The van der Waals surface area contributed by atoms with Gasteiger partial charge in [0.25, 0.3) is 0 Å². The Hall–Kier alpha value is -1.22. The molecule has 0 radical (unpaired) electrons. The van der Waals surface area contributed by atoms with Gasteiger partial charge in [-0.25, -0.2) is 0 Å². The van der Waals surface area contributed by atoms with E-state index in [-0.39, 0.29) is 17.2 Å². The van der Waals surface area contributed by atoms with Gasteiger partial charge in [-0.2, -0.15) is 0 Å². The first-order valence-corrected chi connectivity index (χ1v) is 6.97. The molecule has 104 valence electrons. The Bertz CT molecular complexity index is 501. The molecule has 2 atom stereocenters. The molecule has 1 aliphatic rings. The van der Waals surface area contributed by atoms with Crippen LogP contribution in [0.4, 0.5) is 5.69 Å². The van der Waals surface area contributed by atoms with Crippen molar-refractivity contribution in [2.75, 3.05) is 5.32 Å². The molecule has 19 heavy (non-hydrogen) atoms. The second-order valence-electron chi connectivity index (χ2n) is 6.42. The van der Waals surface area contributed by atoms with Gasteiger partial charge in [-0.05, 0) is 42.4 Å². The van der Waals surface area contributed by atoms with E-state index in [1.165, 1.54) is 0 Å². The Morgan fingerprint density at radius 3 is 2.63 bits per heavy atom. The largest absolute Gasteiger partial charge is 0.371 e. The van der Waals surface area contributed by atoms with Crippen LogP contribution in [-0.4, -0.2) is 11.4 Å². The van der Waals surface area contributed by atoms with Gasteiger partial charge in [0.15, 0.2) is 0 Å². The zero-order valence-corrected chi connectivity index (χ0v) is 12.4. The van der Waals surface area contributed by atoms with Crippen molar-refractivity contribution in [1.29, 1.82) is 0 Å². The summed E-state index contributed by atoms with van der Waals surface area (Å²) in [5.41, 5.74) is 5.96. The van der Waals surface area contributed by atoms with Crippen LogP contribution in [0.15, 0.2) is 24.3 Å². The fraction of sp³-hybridized carbons (Fsp3) is 0.533. The van der Waals surface area contributed by atoms with Crippen molar-refractivity contribution in [3.05, 3.63) is 29.3 Å². The summed E-state index contributed by atoms with van der Waals surface area (Å²) in [4.78, 5) is 12.0. The molecule has 2 rings (SSSR count). The smallest absolute Gasteiger partial charge is 0.243 e. The minimum absolute atomic E-state index is 0.111. The molecule has 2 unspecified atom stereocenters. The van der Waals surface area contributed by atoms with E-state index in [1.807, 2.05) is 24.3 Å². The predicted octanol–water partition coefficient (Wildman–Crippen LogP) is 3.43. The molecule has 1 amide bonds. The van der Waals surface area contributed by atoms with Crippen LogP contribution in [0.2, 0.25) is 5.02 Å². The number of hydrogen-bond donors (Lipinski definition) is 2. The molecule has 3 nitrogen and oxygen atoms in total. The summed E-state index contributed by atoms with van der Waals surface area (Å²) in [6.45, 7) is 6.43. The summed E-state index contributed by atoms with van der Waals surface area (Å²) in [5, 5.41) is 3.99. The van der Waals surface area contributed by atoms with Crippen molar-refractivity contribution in [2.24, 2.45) is 17.1 Å². The lowest BCUT2D eigenvalue weighted by Gasteiger charge is -2.33. The first-order valence-electron chi connectivity index (χ1n) is 6.59. The molecule has 0 spiro atoms. The van der Waals surface area contributed by atoms with E-state index in [4.69, 9.17) is 17.3 Å². The number of nitrogens with one attached hydrogen (secondary N) is 1. The lowest BCUT2D eigenvalue weighted by Crippen LogP contribution is -2.52. The third-order valence-electron chi connectivity index (χ3n) is 4.09. The standard InChI is InChI=1S/C15H21ClN2O/c1-10-8-14(2,3)9-15(10,13(17)19)18-12-6-4-5-11(16)7-12/h4-7,10,18H,8-9H2,1-3H3,(H2,17,19). The van der Waals surface area contributed by atoms with Crippen LogP contribution in [0.1, 0.15) is 33.6 Å². The maximum atomic E-state index is 12.0. The number of carbonyl (C=O) groups is 1. The summed E-state index contributed by atoms with van der Waals surface area (Å²) in [7, 11) is 0. The molecule has 1 fully saturated rings. The monoisotopic (exact) mass is 280 g/mol. The molecule has 1 aromatic rings. The predicted molar refractivity (Wildman–Crippen MR) is 79.2 cm³/mol. The maximum Gasteiger partial charge on any atom is 0.243 e. The van der Waals surface area contributed by atoms with Gasteiger partial charge in [-0.3, -0.25) is 4.79 Å². The third-order valence-corrected chi connectivity index (χ3v) is 4.32. The average Bonchev–Trinajstić information content (AvgIpc) is 2.49. The molecule has 0 bridgehead atoms. The number of nitrogens with two attached hydrogens (primary N) is 1. The Balaban J connectivity index is 2.34. The number of amides is 1. The highest BCUT2D eigenvalue weighted by atomic mass is 35.5. The molecule has 0 heterocycles. The van der Waals surface area contributed by atoms with Gasteiger partial charge >= 0.3 is 0 Å². The molecular weight excluding hydrogens is 260 g/mol. The second-order valence-corrected chi connectivity index (χ2v) is 6.85. The van der Waals surface area contributed by atoms with Crippen molar-refractivity contribution in [2.45, 2.75) is 39.2 Å². The highest BCUT2D eigenvalue weighted by Crippen LogP contribution is 2.48. The summed E-state index contributed by atoms with van der Waals surface area (Å²) in [6.07, 6.45) is 1.71. The van der Waals surface area contributed by atoms with Crippen LogP contribution >= 0.6 is 11.6 Å². The van der Waals surface area contributed by atoms with Crippen molar-refractivity contribution in [1.82, 2.24) is 0 Å². The summed E-state index contributed by atoms with van der Waals surface area (Å²) in [6, 6.07) is 7.41. The van der Waals surface area contributed by atoms with Crippen LogP contribution in [-0.2, 0) is 4.79 Å². The Morgan fingerprint density at radius 2 is 2.16 bits per heavy atom. The van der Waals surface area contributed by atoms with Gasteiger partial charge < -0.3 is 11.1 Å². The van der Waals surface area contributed by atoms with E-state index < -0.39 is 5.54 Å². The van der Waals surface area contributed by atoms with E-state index in [2.05, 4.69) is 26.1 Å². The quantitative estimate of drug-likeness (QED) is 0.891. The highest BCUT2D eigenvalue weighted by Gasteiger charge is 2.52. The fourth-order valence-electron chi connectivity index (χ4n) is 3.39. The minimum Gasteiger partial charge on any atom is -0.371 e. The van der Waals surface area contributed by atoms with Crippen LogP contribution in [0.25, 0.3) is 0 Å². The zero-order chi connectivity index (χ0) is 14.3. The first kappa shape index (κ1) is 14.2. The van der Waals surface area contributed by atoms with Crippen molar-refractivity contribution < 1.29 is 4.79 Å². The van der Waals surface area contributed by atoms with Gasteiger partial charge in [-0.15, -0.1) is 0 Å². The average molecular weight is 281 g/mol. The Morgan fingerprint density at radius 1 is 1.47 bits per heavy atom. The molecular formula is C15H21ClN2O. The highest BCUT2D eigenvalue weighted by molar-refractivity contribution is 6.30. The number of halogens is 1. The number of hydrogen-bond acceptors (Lipinski definition) is 2. The summed E-state index contributed by atoms with van der Waals surface area (Å²) >= 11 is 5.99. The SMILES string of the molecule is CC1CC(C)(C)CC1(Nc1cccc(Cl)c1)C(N)=O. The Kier molecular flexibility index (Phi) is 3.52. The van der Waals surface area contributed by atoms with E-state index in [1.54, 1.807) is 0 Å². The fourth-order valence-corrected chi connectivity index (χ4v) is 3.58. The van der Waals surface area contributed by atoms with Crippen molar-refractivity contribution in [3.63, 3.8) is 0 Å². The lowest BCUT2D eigenvalue weighted by atomic mass is 9.85. The number of benzene rings is 1. The lowest BCUT2D eigenvalue weighted by molar-refractivity contribution is -0.123. The number of anilines is 1. The van der Waals surface area contributed by atoms with Gasteiger partial charge in [0.2, 0.25) is 5.91 Å². The van der Waals surface area contributed by atoms with Crippen molar-refractivity contribution >= 4 is 23.2 Å². The molecule has 0 aromatic heterocycles. The minimum atomic E-state index is -0.686. The van der Waals surface area contributed by atoms with Gasteiger partial charge in [0.1, 0.15) is 5.54 Å². The zero-order valence-electron chi connectivity index (χ0n) is 11.7. The van der Waals surface area contributed by atoms with Crippen LogP contribution in [0.5, 0.6) is 0 Å². The van der Waals surface area contributed by atoms with Gasteiger partial charge in [0.05, 0.1) is 0 Å². The topological polar surface area (TPSA) is 55.1 Å². The Labute approximate surface area is 119 Å². The third kappa shape index (κ3) is 2.71. The number of carbonyl (C=O) groups excluding carboxylic acids is 1. The molecule has 4 heteroatoms. The molecule has 1 aliphatic carbocycles. The first-order chi connectivity index (χ1) is 8.75. The van der Waals surface area contributed by atoms with Gasteiger partial charge in [-0.1, -0.05) is 38.4 Å². The molecule has 1 aromatic carbocycles. The number of rotatable bonds is 3. The van der Waals surface area contributed by atoms with Crippen LogP contribution in [0.3, 0.4) is 0 Å². The van der Waals surface area contributed by atoms with Crippen LogP contribution < -0.4 is 11.1 Å². The van der Waals surface area contributed by atoms with Crippen LogP contribution in [0, 0.1) is 11.3 Å². The van der Waals surface area contributed by atoms with E-state index >= 15 is 0 Å². The molecule has 0 aliphatic heterocycles. The van der Waals surface area contributed by atoms with E-state index in [9.17, 15) is 4.79 Å². The van der Waals surface area contributed by atoms with Crippen molar-refractivity contribution in [3.8, 4) is 0 Å². The maximum absolute atomic E-state index is 12.0. The van der Waals surface area contributed by atoms with Gasteiger partial charge in [0, 0.05) is 10.7 Å². The van der Waals surface area contributed by atoms with E-state index in [0.29, 0.717) is 5.02 Å². The second kappa shape index (κ2) is 4.71. The molecule has 0 saturated heterocycles. The molecule has 1 saturated carbocycles.